The second-order valence-electron chi connectivity index (χ2n) is 5.82. The smallest absolute Gasteiger partial charge is 0.261 e. The van der Waals surface area contributed by atoms with Crippen LogP contribution in [0.5, 0.6) is 0 Å². The Balaban J connectivity index is 1.80. The first-order valence-corrected chi connectivity index (χ1v) is 9.94. The van der Waals surface area contributed by atoms with E-state index in [-0.39, 0.29) is 27.2 Å². The number of sulfonamides is 1. The second kappa shape index (κ2) is 7.85. The molecule has 0 saturated carbocycles. The van der Waals surface area contributed by atoms with Crippen molar-refractivity contribution >= 4 is 33.2 Å². The molecule has 0 aliphatic carbocycles. The maximum Gasteiger partial charge on any atom is 0.261 e. The molecule has 1 amide bonds. The first kappa shape index (κ1) is 19.0. The Morgan fingerprint density at radius 2 is 1.85 bits per heavy atom. The molecule has 3 aromatic rings. The van der Waals surface area contributed by atoms with Gasteiger partial charge in [-0.1, -0.05) is 29.8 Å². The third kappa shape index (κ3) is 4.50. The minimum atomic E-state index is -3.90. The van der Waals surface area contributed by atoms with Crippen LogP contribution < -0.4 is 10.0 Å². The van der Waals surface area contributed by atoms with Gasteiger partial charge in [-0.15, -0.1) is 0 Å². The Morgan fingerprint density at radius 1 is 1.07 bits per heavy atom. The molecule has 0 fully saturated rings. The lowest BCUT2D eigenvalue weighted by Gasteiger charge is -2.13. The van der Waals surface area contributed by atoms with E-state index in [1.165, 1.54) is 24.5 Å². The third-order valence-electron chi connectivity index (χ3n) is 3.84. The number of hydrogen-bond donors (Lipinski definition) is 2. The summed E-state index contributed by atoms with van der Waals surface area (Å²) in [5.74, 6) is 0.196. The molecule has 0 spiro atoms. The van der Waals surface area contributed by atoms with Gasteiger partial charge in [0.15, 0.2) is 0 Å². The van der Waals surface area contributed by atoms with Gasteiger partial charge in [0.2, 0.25) is 0 Å². The first-order chi connectivity index (χ1) is 12.9. The van der Waals surface area contributed by atoms with Gasteiger partial charge in [0.25, 0.3) is 15.9 Å². The largest absolute Gasteiger partial charge is 0.467 e. The van der Waals surface area contributed by atoms with Crippen molar-refractivity contribution in [1.29, 1.82) is 0 Å². The van der Waals surface area contributed by atoms with E-state index < -0.39 is 15.9 Å². The van der Waals surface area contributed by atoms with Crippen LogP contribution in [0.15, 0.2) is 76.2 Å². The van der Waals surface area contributed by atoms with E-state index in [1.54, 1.807) is 49.4 Å². The number of hydrogen-bond acceptors (Lipinski definition) is 4. The number of rotatable bonds is 6. The van der Waals surface area contributed by atoms with Gasteiger partial charge in [0.05, 0.1) is 27.9 Å². The summed E-state index contributed by atoms with van der Waals surface area (Å²) in [5, 5.41) is 3.05. The average Bonchev–Trinajstić information content (AvgIpc) is 3.18. The molecular formula is C19H17ClN2O4S. The van der Waals surface area contributed by atoms with Crippen molar-refractivity contribution in [2.45, 2.75) is 17.9 Å². The molecule has 0 unspecified atom stereocenters. The number of benzene rings is 2. The molecule has 27 heavy (non-hydrogen) atoms. The monoisotopic (exact) mass is 404 g/mol. The van der Waals surface area contributed by atoms with Crippen molar-refractivity contribution in [2.75, 3.05) is 4.72 Å². The van der Waals surface area contributed by atoms with E-state index in [9.17, 15) is 13.2 Å². The summed E-state index contributed by atoms with van der Waals surface area (Å²) < 4.78 is 32.9. The highest BCUT2D eigenvalue weighted by molar-refractivity contribution is 7.92. The number of carbonyl (C=O) groups excluding carboxylic acids is 1. The number of halogens is 1. The molecule has 1 atom stereocenters. The Morgan fingerprint density at radius 3 is 2.56 bits per heavy atom. The highest BCUT2D eigenvalue weighted by Crippen LogP contribution is 2.24. The highest BCUT2D eigenvalue weighted by Gasteiger charge is 2.19. The molecule has 0 aliphatic heterocycles. The summed E-state index contributed by atoms with van der Waals surface area (Å²) in [7, 11) is -3.90. The number of amides is 1. The Kier molecular flexibility index (Phi) is 5.53. The predicted octanol–water partition coefficient (Wildman–Crippen LogP) is 4.22. The standard InChI is InChI=1S/C19H17ClN2O4S/c1-13(18-10-5-11-26-18)21-19(23)14-6-4-7-15(12-14)27(24,25)22-17-9-3-2-8-16(17)20/h2-13,22H,1H3,(H,21,23)/t13-/m1/s1. The fourth-order valence-corrected chi connectivity index (χ4v) is 3.81. The van der Waals surface area contributed by atoms with Gasteiger partial charge in [0, 0.05) is 5.56 Å². The van der Waals surface area contributed by atoms with Gasteiger partial charge in [-0.3, -0.25) is 9.52 Å². The van der Waals surface area contributed by atoms with Gasteiger partial charge in [-0.25, -0.2) is 8.42 Å². The number of furan rings is 1. The molecule has 8 heteroatoms. The van der Waals surface area contributed by atoms with E-state index in [2.05, 4.69) is 10.0 Å². The van der Waals surface area contributed by atoms with E-state index in [0.717, 1.165) is 0 Å². The minimum absolute atomic E-state index is 0.0410. The maximum absolute atomic E-state index is 12.6. The van der Waals surface area contributed by atoms with Crippen LogP contribution in [0, 0.1) is 0 Å². The molecule has 0 radical (unpaired) electrons. The summed E-state index contributed by atoms with van der Waals surface area (Å²) in [6.45, 7) is 1.77. The molecule has 140 valence electrons. The molecule has 0 aliphatic rings. The zero-order valence-corrected chi connectivity index (χ0v) is 15.9. The van der Waals surface area contributed by atoms with Crippen LogP contribution >= 0.6 is 11.6 Å². The normalized spacial score (nSPS) is 12.4. The topological polar surface area (TPSA) is 88.4 Å². The van der Waals surface area contributed by atoms with E-state index in [1.807, 2.05) is 0 Å². The highest BCUT2D eigenvalue weighted by atomic mass is 35.5. The SMILES string of the molecule is C[C@@H](NC(=O)c1cccc(S(=O)(=O)Nc2ccccc2Cl)c1)c1ccco1. The maximum atomic E-state index is 12.6. The number of nitrogens with one attached hydrogen (secondary N) is 2. The Labute approximate surface area is 162 Å². The van der Waals surface area contributed by atoms with Crippen molar-refractivity contribution in [2.24, 2.45) is 0 Å². The Hall–Kier alpha value is -2.77. The van der Waals surface area contributed by atoms with Crippen molar-refractivity contribution in [3.8, 4) is 0 Å². The van der Waals surface area contributed by atoms with Crippen molar-refractivity contribution in [3.63, 3.8) is 0 Å². The summed E-state index contributed by atoms with van der Waals surface area (Å²) >= 11 is 6.01. The Bertz CT molecular complexity index is 1050. The van der Waals surface area contributed by atoms with Gasteiger partial charge in [0.1, 0.15) is 5.76 Å². The van der Waals surface area contributed by atoms with Gasteiger partial charge < -0.3 is 9.73 Å². The number of carbonyl (C=O) groups is 1. The zero-order chi connectivity index (χ0) is 19.4. The average molecular weight is 405 g/mol. The van der Waals surface area contributed by atoms with Crippen LogP contribution in [0.1, 0.15) is 29.1 Å². The van der Waals surface area contributed by atoms with Crippen molar-refractivity contribution in [3.05, 3.63) is 83.3 Å². The first-order valence-electron chi connectivity index (χ1n) is 8.08. The molecule has 2 N–H and O–H groups in total. The van der Waals surface area contributed by atoms with Crippen LogP contribution in [0.4, 0.5) is 5.69 Å². The van der Waals surface area contributed by atoms with E-state index in [4.69, 9.17) is 16.0 Å². The van der Waals surface area contributed by atoms with Crippen LogP contribution in [-0.4, -0.2) is 14.3 Å². The minimum Gasteiger partial charge on any atom is -0.467 e. The lowest BCUT2D eigenvalue weighted by Crippen LogP contribution is -2.26. The molecule has 2 aromatic carbocycles. The predicted molar refractivity (Wildman–Crippen MR) is 103 cm³/mol. The molecule has 3 rings (SSSR count). The lowest BCUT2D eigenvalue weighted by atomic mass is 10.2. The van der Waals surface area contributed by atoms with E-state index in [0.29, 0.717) is 5.76 Å². The zero-order valence-electron chi connectivity index (χ0n) is 14.3. The van der Waals surface area contributed by atoms with Gasteiger partial charge in [-0.05, 0) is 49.4 Å². The molecule has 6 nitrogen and oxygen atoms in total. The summed E-state index contributed by atoms with van der Waals surface area (Å²) in [6, 6.07) is 15.4. The molecule has 0 saturated heterocycles. The van der Waals surface area contributed by atoms with Crippen LogP contribution in [-0.2, 0) is 10.0 Å². The summed E-state index contributed by atoms with van der Waals surface area (Å²) in [4.78, 5) is 12.4. The van der Waals surface area contributed by atoms with Crippen LogP contribution in [0.25, 0.3) is 0 Å². The van der Waals surface area contributed by atoms with Crippen LogP contribution in [0.2, 0.25) is 5.02 Å². The summed E-state index contributed by atoms with van der Waals surface area (Å²) in [5.41, 5.74) is 0.482. The molecular weight excluding hydrogens is 388 g/mol. The number of anilines is 1. The summed E-state index contributed by atoms with van der Waals surface area (Å²) in [6.07, 6.45) is 1.52. The van der Waals surface area contributed by atoms with Crippen LogP contribution in [0.3, 0.4) is 0 Å². The van der Waals surface area contributed by atoms with Crippen molar-refractivity contribution in [1.82, 2.24) is 5.32 Å². The number of para-hydroxylation sites is 1. The second-order valence-corrected chi connectivity index (χ2v) is 7.91. The van der Waals surface area contributed by atoms with E-state index >= 15 is 0 Å². The molecule has 1 aromatic heterocycles. The van der Waals surface area contributed by atoms with Crippen molar-refractivity contribution < 1.29 is 17.6 Å². The van der Waals surface area contributed by atoms with Gasteiger partial charge in [-0.2, -0.15) is 0 Å². The third-order valence-corrected chi connectivity index (χ3v) is 5.54. The fourth-order valence-electron chi connectivity index (χ4n) is 2.44. The quantitative estimate of drug-likeness (QED) is 0.643. The molecule has 0 bridgehead atoms. The molecule has 1 heterocycles. The fraction of sp³-hybridized carbons (Fsp3) is 0.105. The lowest BCUT2D eigenvalue weighted by molar-refractivity contribution is 0.0935. The van der Waals surface area contributed by atoms with Gasteiger partial charge >= 0.3 is 0 Å².